The summed E-state index contributed by atoms with van der Waals surface area (Å²) >= 11 is 21.1. The topological polar surface area (TPSA) is 125 Å². The molecular formula is C32H27Cl3I2N2O6. The van der Waals surface area contributed by atoms with Crippen molar-refractivity contribution < 1.29 is 28.7 Å². The number of rotatable bonds is 7. The Hall–Kier alpha value is -2.91. The third-order valence-electron chi connectivity index (χ3n) is 5.37. The van der Waals surface area contributed by atoms with Crippen LogP contribution >= 0.6 is 80.0 Å². The molecule has 0 aliphatic heterocycles. The molecule has 4 rings (SSSR count). The number of ether oxygens (including phenoxy) is 2. The molecule has 4 aromatic carbocycles. The van der Waals surface area contributed by atoms with Gasteiger partial charge in [0.25, 0.3) is 11.1 Å². The Labute approximate surface area is 303 Å². The second kappa shape index (κ2) is 19.6. The Morgan fingerprint density at radius 2 is 1.20 bits per heavy atom. The molecule has 4 aromatic rings. The zero-order valence-electron chi connectivity index (χ0n) is 23.9. The molecule has 0 radical (unpaired) electrons. The maximum absolute atomic E-state index is 12.3. The molecule has 236 valence electrons. The van der Waals surface area contributed by atoms with E-state index in [1.54, 1.807) is 74.5 Å². The molecule has 0 unspecified atom stereocenters. The smallest absolute Gasteiger partial charge is 0.340 e. The van der Waals surface area contributed by atoms with Gasteiger partial charge in [0.05, 0.1) is 30.0 Å². The number of nitrogens with two attached hydrogens (primary N) is 1. The molecule has 0 bridgehead atoms. The van der Waals surface area contributed by atoms with Gasteiger partial charge in [-0.1, -0.05) is 41.4 Å². The summed E-state index contributed by atoms with van der Waals surface area (Å²) in [5.74, 6) is -1.27. The van der Waals surface area contributed by atoms with Gasteiger partial charge in [0.15, 0.2) is 0 Å². The second-order valence-corrected chi connectivity index (χ2v) is 12.3. The van der Waals surface area contributed by atoms with Gasteiger partial charge in [0.1, 0.15) is 0 Å². The van der Waals surface area contributed by atoms with E-state index < -0.39 is 17.2 Å². The molecule has 8 nitrogen and oxygen atoms in total. The fraction of sp³-hybridized carbons (Fsp3) is 0.125. The van der Waals surface area contributed by atoms with Gasteiger partial charge in [0, 0.05) is 34.0 Å². The number of nitrogen functional groups attached to an aromatic ring is 1. The number of carbonyl (C=O) groups is 4. The number of benzene rings is 4. The molecule has 0 saturated heterocycles. The van der Waals surface area contributed by atoms with Crippen LogP contribution in [-0.4, -0.2) is 36.3 Å². The molecule has 0 saturated carbocycles. The van der Waals surface area contributed by atoms with E-state index in [9.17, 15) is 19.2 Å². The molecule has 0 aliphatic carbocycles. The van der Waals surface area contributed by atoms with Crippen molar-refractivity contribution in [3.63, 3.8) is 0 Å². The van der Waals surface area contributed by atoms with Crippen LogP contribution in [0.4, 0.5) is 11.4 Å². The van der Waals surface area contributed by atoms with Gasteiger partial charge in [-0.05, 0) is 137 Å². The molecule has 0 atom stereocenters. The summed E-state index contributed by atoms with van der Waals surface area (Å²) in [4.78, 5) is 46.1. The van der Waals surface area contributed by atoms with Crippen LogP contribution in [0.25, 0.3) is 0 Å². The lowest BCUT2D eigenvalue weighted by atomic mass is 10.1. The van der Waals surface area contributed by atoms with Gasteiger partial charge < -0.3 is 20.5 Å². The van der Waals surface area contributed by atoms with Crippen molar-refractivity contribution in [1.29, 1.82) is 0 Å². The zero-order chi connectivity index (χ0) is 33.5. The van der Waals surface area contributed by atoms with E-state index in [2.05, 4.69) is 50.5 Å². The van der Waals surface area contributed by atoms with Crippen LogP contribution in [0.2, 0.25) is 10.0 Å². The van der Waals surface area contributed by atoms with E-state index in [1.807, 2.05) is 12.1 Å². The van der Waals surface area contributed by atoms with E-state index in [0.29, 0.717) is 44.7 Å². The molecule has 0 aromatic heterocycles. The highest BCUT2D eigenvalue weighted by Gasteiger charge is 2.16. The average molecular weight is 896 g/mol. The van der Waals surface area contributed by atoms with Gasteiger partial charge >= 0.3 is 11.9 Å². The predicted octanol–water partition coefficient (Wildman–Crippen LogP) is 9.14. The summed E-state index contributed by atoms with van der Waals surface area (Å²) in [5, 5.41) is 3.18. The third-order valence-corrected chi connectivity index (χ3v) is 7.40. The summed E-state index contributed by atoms with van der Waals surface area (Å²) in [6.07, 6.45) is 0. The van der Waals surface area contributed by atoms with Crippen molar-refractivity contribution in [3.05, 3.63) is 124 Å². The van der Waals surface area contributed by atoms with Gasteiger partial charge in [-0.15, -0.1) is 0 Å². The first-order valence-corrected chi connectivity index (χ1v) is 16.4. The molecule has 0 spiro atoms. The Kier molecular flexibility index (Phi) is 16.6. The first-order valence-electron chi connectivity index (χ1n) is 13.1. The molecular weight excluding hydrogens is 869 g/mol. The van der Waals surface area contributed by atoms with E-state index >= 15 is 0 Å². The van der Waals surface area contributed by atoms with E-state index in [-0.39, 0.29) is 18.1 Å². The Morgan fingerprint density at radius 1 is 0.711 bits per heavy atom. The molecule has 45 heavy (non-hydrogen) atoms. The highest BCUT2D eigenvalue weighted by atomic mass is 127. The minimum Gasteiger partial charge on any atom is -0.462 e. The highest BCUT2D eigenvalue weighted by Crippen LogP contribution is 2.23. The van der Waals surface area contributed by atoms with Crippen molar-refractivity contribution in [2.45, 2.75) is 13.8 Å². The largest absolute Gasteiger partial charge is 0.462 e. The number of amides is 1. The molecule has 0 fully saturated rings. The number of nitrogens with one attached hydrogen (secondary N) is 1. The SMILES string of the molecule is CCOC(=O)c1cc(Cl)ccc1N.CCOC(=O)c1cc(Cl)ccc1NC(=O)c1cccc(I)c1.O=C(Cl)c1cccc(I)c1. The minimum atomic E-state index is -0.525. The summed E-state index contributed by atoms with van der Waals surface area (Å²) in [5.41, 5.74) is 7.91. The molecule has 13 heteroatoms. The number of esters is 2. The summed E-state index contributed by atoms with van der Waals surface area (Å²) < 4.78 is 11.7. The van der Waals surface area contributed by atoms with Crippen molar-refractivity contribution >= 4 is 114 Å². The van der Waals surface area contributed by atoms with Gasteiger partial charge in [-0.3, -0.25) is 9.59 Å². The summed E-state index contributed by atoms with van der Waals surface area (Å²) in [6.45, 7) is 4.02. The Morgan fingerprint density at radius 3 is 1.71 bits per heavy atom. The van der Waals surface area contributed by atoms with Crippen LogP contribution in [0, 0.1) is 7.14 Å². The van der Waals surface area contributed by atoms with Gasteiger partial charge in [0.2, 0.25) is 0 Å². The van der Waals surface area contributed by atoms with Crippen LogP contribution in [-0.2, 0) is 9.47 Å². The monoisotopic (exact) mass is 894 g/mol. The molecule has 3 N–H and O–H groups in total. The molecule has 0 aliphatic rings. The number of anilines is 2. The van der Waals surface area contributed by atoms with Crippen molar-refractivity contribution in [1.82, 2.24) is 0 Å². The molecule has 1 amide bonds. The van der Waals surface area contributed by atoms with Crippen molar-refractivity contribution in [2.75, 3.05) is 24.3 Å². The average Bonchev–Trinajstić information content (AvgIpc) is 3.00. The Balaban J connectivity index is 0.000000259. The number of carbonyl (C=O) groups excluding carboxylic acids is 4. The fourth-order valence-electron chi connectivity index (χ4n) is 3.35. The highest BCUT2D eigenvalue weighted by molar-refractivity contribution is 14.1. The van der Waals surface area contributed by atoms with Crippen LogP contribution in [0.3, 0.4) is 0 Å². The maximum Gasteiger partial charge on any atom is 0.340 e. The number of hydrogen-bond donors (Lipinski definition) is 2. The number of hydrogen-bond acceptors (Lipinski definition) is 7. The van der Waals surface area contributed by atoms with Crippen LogP contribution < -0.4 is 11.1 Å². The van der Waals surface area contributed by atoms with Crippen LogP contribution in [0.1, 0.15) is 55.3 Å². The number of halogens is 5. The summed E-state index contributed by atoms with van der Waals surface area (Å²) in [7, 11) is 0. The molecule has 0 heterocycles. The first kappa shape index (κ1) is 38.3. The first-order chi connectivity index (χ1) is 21.4. The summed E-state index contributed by atoms with van der Waals surface area (Å²) in [6, 6.07) is 23.7. The zero-order valence-corrected chi connectivity index (χ0v) is 30.5. The standard InChI is InChI=1S/C16H13ClINO3.C9H10ClNO2.C7H4ClIO/c1-2-22-16(21)13-9-11(17)6-7-14(13)19-15(20)10-4-3-5-12(18)8-10;1-2-13-9(12)7-5-6(10)3-4-8(7)11;8-7(10)5-2-1-3-6(9)4-5/h3-9H,2H2,1H3,(H,19,20);3-5H,2,11H2,1H3;1-4H. The lowest BCUT2D eigenvalue weighted by molar-refractivity contribution is 0.0518. The quantitative estimate of drug-likeness (QED) is 0.0821. The fourth-order valence-corrected chi connectivity index (χ4v) is 4.90. The van der Waals surface area contributed by atoms with Gasteiger partial charge in [-0.25, -0.2) is 9.59 Å². The third kappa shape index (κ3) is 13.2. The van der Waals surface area contributed by atoms with Crippen LogP contribution in [0.5, 0.6) is 0 Å². The lowest BCUT2D eigenvalue weighted by Crippen LogP contribution is -2.16. The lowest BCUT2D eigenvalue weighted by Gasteiger charge is -2.11. The maximum atomic E-state index is 12.3. The van der Waals surface area contributed by atoms with Crippen molar-refractivity contribution in [3.8, 4) is 0 Å². The normalized spacial score (nSPS) is 9.84. The van der Waals surface area contributed by atoms with Crippen molar-refractivity contribution in [2.24, 2.45) is 0 Å². The second-order valence-electron chi connectivity index (χ2n) is 8.61. The predicted molar refractivity (Wildman–Crippen MR) is 196 cm³/mol. The Bertz CT molecular complexity index is 1670. The minimum absolute atomic E-state index is 0.230. The van der Waals surface area contributed by atoms with E-state index in [0.717, 1.165) is 7.14 Å². The van der Waals surface area contributed by atoms with Crippen LogP contribution in [0.15, 0.2) is 84.9 Å². The van der Waals surface area contributed by atoms with Gasteiger partial charge in [-0.2, -0.15) is 0 Å². The van der Waals surface area contributed by atoms with E-state index in [1.165, 1.54) is 12.1 Å². The van der Waals surface area contributed by atoms with E-state index in [4.69, 9.17) is 50.0 Å².